The average Bonchev–Trinajstić information content (AvgIpc) is 2.98. The van der Waals surface area contributed by atoms with Crippen LogP contribution in [0.25, 0.3) is 0 Å². The van der Waals surface area contributed by atoms with Gasteiger partial charge < -0.3 is 46.0 Å². The van der Waals surface area contributed by atoms with Gasteiger partial charge >= 0.3 is 0 Å². The minimum atomic E-state index is -1.25. The lowest BCUT2D eigenvalue weighted by molar-refractivity contribution is -0.0746. The lowest BCUT2D eigenvalue weighted by atomic mass is 9.83. The van der Waals surface area contributed by atoms with E-state index < -0.39 is 45.3 Å². The molecule has 322 valence electrons. The first-order valence-electron chi connectivity index (χ1n) is 21.2. The molecule has 0 radical (unpaired) electrons. The summed E-state index contributed by atoms with van der Waals surface area (Å²) in [5, 5.41) is 95.2. The maximum absolute atomic E-state index is 11.0. The van der Waals surface area contributed by atoms with Crippen LogP contribution in [-0.4, -0.2) is 97.9 Å². The van der Waals surface area contributed by atoms with Crippen molar-refractivity contribution in [2.75, 3.05) is 6.61 Å². The molecule has 0 aromatic heterocycles. The summed E-state index contributed by atoms with van der Waals surface area (Å²) in [7, 11) is 0. The number of allylic oxidation sites excluding steroid dienone is 3. The van der Waals surface area contributed by atoms with E-state index in [0.29, 0.717) is 122 Å². The van der Waals surface area contributed by atoms with Gasteiger partial charge in [-0.1, -0.05) is 23.3 Å². The molecule has 9 nitrogen and oxygen atoms in total. The summed E-state index contributed by atoms with van der Waals surface area (Å²) in [6.45, 7) is 18.3. The van der Waals surface area contributed by atoms with E-state index in [-0.39, 0.29) is 6.61 Å². The standard InChI is InChI=1S/C45H88O9/c1-36(18-11-19-37(2)22-35-46)20-21-38(47)45(10,54)34-17-33-44(9,53)32-16-31-43(8,52)30-15-29-42(7,51)28-14-27-41(6,50)26-13-25-40(5,49)24-12-23-39(3,4)48/h18,22,38,46-54H,11-17,19-21,23-35H2,1-10H3. The first-order valence-corrected chi connectivity index (χ1v) is 21.2. The fraction of sp³-hybridized carbons (Fsp3) is 0.911. The molecule has 0 aliphatic heterocycles. The van der Waals surface area contributed by atoms with Crippen LogP contribution in [0, 0.1) is 0 Å². The van der Waals surface area contributed by atoms with Crippen molar-refractivity contribution in [1.29, 1.82) is 0 Å². The van der Waals surface area contributed by atoms with Crippen molar-refractivity contribution in [2.24, 2.45) is 0 Å². The third kappa shape index (κ3) is 28.5. The van der Waals surface area contributed by atoms with E-state index in [1.165, 1.54) is 5.57 Å². The van der Waals surface area contributed by atoms with Crippen molar-refractivity contribution in [3.63, 3.8) is 0 Å². The zero-order valence-corrected chi connectivity index (χ0v) is 36.5. The summed E-state index contributed by atoms with van der Waals surface area (Å²) >= 11 is 0. The minimum absolute atomic E-state index is 0.0538. The molecule has 0 rings (SSSR count). The topological polar surface area (TPSA) is 182 Å². The van der Waals surface area contributed by atoms with Gasteiger partial charge in [-0.3, -0.25) is 0 Å². The summed E-state index contributed by atoms with van der Waals surface area (Å²) in [6, 6.07) is 0. The number of hydrogen-bond donors (Lipinski definition) is 9. The highest BCUT2D eigenvalue weighted by molar-refractivity contribution is 5.04. The third-order valence-electron chi connectivity index (χ3n) is 11.6. The quantitative estimate of drug-likeness (QED) is 0.0305. The maximum Gasteiger partial charge on any atom is 0.0877 e. The number of aliphatic hydroxyl groups is 9. The van der Waals surface area contributed by atoms with Crippen LogP contribution in [-0.2, 0) is 0 Å². The largest absolute Gasteiger partial charge is 0.392 e. The summed E-state index contributed by atoms with van der Waals surface area (Å²) in [5.41, 5.74) is -4.13. The van der Waals surface area contributed by atoms with Gasteiger partial charge in [0.1, 0.15) is 0 Å². The third-order valence-corrected chi connectivity index (χ3v) is 11.6. The second-order valence-corrected chi connectivity index (χ2v) is 19.7. The van der Waals surface area contributed by atoms with E-state index >= 15 is 0 Å². The Morgan fingerprint density at radius 1 is 0.444 bits per heavy atom. The van der Waals surface area contributed by atoms with E-state index in [1.54, 1.807) is 27.7 Å². The zero-order chi connectivity index (χ0) is 41.9. The van der Waals surface area contributed by atoms with Crippen molar-refractivity contribution in [3.8, 4) is 0 Å². The highest BCUT2D eigenvalue weighted by atomic mass is 16.3. The molecule has 0 bridgehead atoms. The molecule has 7 unspecified atom stereocenters. The lowest BCUT2D eigenvalue weighted by Gasteiger charge is -2.32. The molecule has 0 saturated heterocycles. The molecule has 0 aliphatic carbocycles. The van der Waals surface area contributed by atoms with Gasteiger partial charge in [-0.2, -0.15) is 0 Å². The normalized spacial score (nSPS) is 20.6. The van der Waals surface area contributed by atoms with Crippen molar-refractivity contribution in [1.82, 2.24) is 0 Å². The van der Waals surface area contributed by atoms with Gasteiger partial charge in [-0.05, 0) is 210 Å². The SMILES string of the molecule is CC(=CCO)CCC=C(C)CCC(O)C(C)(O)CCCC(C)(O)CCCC(C)(O)CCCC(C)(O)CCCC(C)(O)CCCC(C)(O)CCCC(C)(C)O. The molecule has 9 heteroatoms. The summed E-state index contributed by atoms with van der Waals surface area (Å²) in [5.74, 6) is 0. The maximum atomic E-state index is 11.0. The molecule has 0 saturated carbocycles. The van der Waals surface area contributed by atoms with Crippen LogP contribution in [0.5, 0.6) is 0 Å². The summed E-state index contributed by atoms with van der Waals surface area (Å²) in [6.07, 6.45) is 16.5. The fourth-order valence-corrected chi connectivity index (χ4v) is 7.50. The van der Waals surface area contributed by atoms with Crippen molar-refractivity contribution >= 4 is 0 Å². The molecule has 0 aromatic rings. The van der Waals surface area contributed by atoms with Crippen LogP contribution in [0.1, 0.15) is 210 Å². The van der Waals surface area contributed by atoms with E-state index in [1.807, 2.05) is 47.6 Å². The molecule has 0 spiro atoms. The molecule has 0 aliphatic rings. The predicted molar refractivity (Wildman–Crippen MR) is 222 cm³/mol. The van der Waals surface area contributed by atoms with Crippen molar-refractivity contribution < 1.29 is 46.0 Å². The molecule has 0 amide bonds. The Labute approximate surface area is 331 Å². The molecule has 0 fully saturated rings. The van der Waals surface area contributed by atoms with E-state index in [4.69, 9.17) is 5.11 Å². The van der Waals surface area contributed by atoms with Crippen molar-refractivity contribution in [2.45, 2.75) is 256 Å². The van der Waals surface area contributed by atoms with Gasteiger partial charge in [0.05, 0.1) is 51.9 Å². The highest BCUT2D eigenvalue weighted by Crippen LogP contribution is 2.32. The molecule has 7 atom stereocenters. The Morgan fingerprint density at radius 2 is 0.741 bits per heavy atom. The van der Waals surface area contributed by atoms with Crippen LogP contribution in [0.15, 0.2) is 23.3 Å². The van der Waals surface area contributed by atoms with E-state index in [9.17, 15) is 40.9 Å². The number of hydrogen-bond acceptors (Lipinski definition) is 9. The smallest absolute Gasteiger partial charge is 0.0877 e. The van der Waals surface area contributed by atoms with Gasteiger partial charge in [0, 0.05) is 0 Å². The second-order valence-electron chi connectivity index (χ2n) is 19.7. The Morgan fingerprint density at radius 3 is 1.06 bits per heavy atom. The molecule has 9 N–H and O–H groups in total. The van der Waals surface area contributed by atoms with Crippen LogP contribution >= 0.6 is 0 Å². The van der Waals surface area contributed by atoms with Crippen LogP contribution in [0.4, 0.5) is 0 Å². The highest BCUT2D eigenvalue weighted by Gasteiger charge is 2.32. The van der Waals surface area contributed by atoms with Gasteiger partial charge in [-0.25, -0.2) is 0 Å². The Bertz CT molecular complexity index is 1060. The Balaban J connectivity index is 4.45. The monoisotopic (exact) mass is 773 g/mol. The molecule has 0 aromatic carbocycles. The molecular formula is C45H88O9. The van der Waals surface area contributed by atoms with Gasteiger partial charge in [0.15, 0.2) is 0 Å². The van der Waals surface area contributed by atoms with Crippen LogP contribution < -0.4 is 0 Å². The Hall–Kier alpha value is -0.880. The second kappa shape index (κ2) is 24.1. The van der Waals surface area contributed by atoms with Crippen LogP contribution in [0.2, 0.25) is 0 Å². The first-order chi connectivity index (χ1) is 24.5. The predicted octanol–water partition coefficient (Wildman–Crippen LogP) is 8.09. The number of rotatable bonds is 32. The van der Waals surface area contributed by atoms with E-state index in [0.717, 1.165) is 24.8 Å². The molecule has 0 heterocycles. The van der Waals surface area contributed by atoms with Gasteiger partial charge in [0.2, 0.25) is 0 Å². The first kappa shape index (κ1) is 53.1. The Kier molecular flexibility index (Phi) is 23.7. The lowest BCUT2D eigenvalue weighted by Crippen LogP contribution is -2.39. The number of aliphatic hydroxyl groups excluding tert-OH is 2. The summed E-state index contributed by atoms with van der Waals surface area (Å²) in [4.78, 5) is 0. The molecule has 54 heavy (non-hydrogen) atoms. The van der Waals surface area contributed by atoms with Crippen LogP contribution in [0.3, 0.4) is 0 Å². The average molecular weight is 773 g/mol. The van der Waals surface area contributed by atoms with Crippen molar-refractivity contribution in [3.05, 3.63) is 23.3 Å². The zero-order valence-electron chi connectivity index (χ0n) is 36.5. The fourth-order valence-electron chi connectivity index (χ4n) is 7.50. The van der Waals surface area contributed by atoms with E-state index in [2.05, 4.69) is 6.08 Å². The van der Waals surface area contributed by atoms with Gasteiger partial charge in [0.25, 0.3) is 0 Å². The minimum Gasteiger partial charge on any atom is -0.392 e. The summed E-state index contributed by atoms with van der Waals surface area (Å²) < 4.78 is 0. The van der Waals surface area contributed by atoms with Gasteiger partial charge in [-0.15, -0.1) is 0 Å². The molecular weight excluding hydrogens is 684 g/mol.